The molecule has 3 rings (SSSR count). The van der Waals surface area contributed by atoms with Crippen molar-refractivity contribution in [2.75, 3.05) is 30.0 Å². The molecule has 1 fully saturated rings. The third-order valence-corrected chi connectivity index (χ3v) is 4.78. The summed E-state index contributed by atoms with van der Waals surface area (Å²) in [5.74, 6) is -1.56. The summed E-state index contributed by atoms with van der Waals surface area (Å²) in [5, 5.41) is 1.57. The van der Waals surface area contributed by atoms with Crippen LogP contribution in [0.5, 0.6) is 0 Å². The van der Waals surface area contributed by atoms with Gasteiger partial charge in [-0.1, -0.05) is 39.1 Å². The van der Waals surface area contributed by atoms with Gasteiger partial charge in [-0.2, -0.15) is 0 Å². The highest BCUT2D eigenvalue weighted by atomic mass is 79.9. The van der Waals surface area contributed by atoms with Crippen molar-refractivity contribution in [1.29, 1.82) is 0 Å². The number of amides is 1. The summed E-state index contributed by atoms with van der Waals surface area (Å²) >= 11 is 15.7. The zero-order valence-corrected chi connectivity index (χ0v) is 13.6. The van der Waals surface area contributed by atoms with E-state index in [0.717, 1.165) is 11.8 Å². The minimum atomic E-state index is -1.34. The second-order valence-corrected chi connectivity index (χ2v) is 6.15. The third kappa shape index (κ3) is 1.99. The van der Waals surface area contributed by atoms with Crippen molar-refractivity contribution in [1.82, 2.24) is 0 Å². The number of carbonyl (C=O) groups excluding carboxylic acids is 1. The Morgan fingerprint density at radius 2 is 2.00 bits per heavy atom. The van der Waals surface area contributed by atoms with Gasteiger partial charge < -0.3 is 14.4 Å². The van der Waals surface area contributed by atoms with Gasteiger partial charge >= 0.3 is 0 Å². The molecule has 0 saturated carbocycles. The van der Waals surface area contributed by atoms with Gasteiger partial charge in [0.05, 0.1) is 28.9 Å². The molecule has 1 aromatic rings. The van der Waals surface area contributed by atoms with Crippen LogP contribution in [0.2, 0.25) is 10.0 Å². The predicted molar refractivity (Wildman–Crippen MR) is 80.8 cm³/mol. The number of halogens is 3. The summed E-state index contributed by atoms with van der Waals surface area (Å²) in [6, 6.07) is 3.41. The van der Waals surface area contributed by atoms with Crippen LogP contribution in [-0.4, -0.2) is 31.0 Å². The van der Waals surface area contributed by atoms with Gasteiger partial charge in [0.2, 0.25) is 0 Å². The van der Waals surface area contributed by atoms with Crippen molar-refractivity contribution >= 4 is 50.7 Å². The minimum absolute atomic E-state index is 0.227. The van der Waals surface area contributed by atoms with E-state index in [1.807, 2.05) is 0 Å². The van der Waals surface area contributed by atoms with E-state index in [4.69, 9.17) is 32.7 Å². The molecule has 0 aromatic heterocycles. The average Bonchev–Trinajstić information content (AvgIpc) is 3.01. The first kappa shape index (κ1) is 14.6. The van der Waals surface area contributed by atoms with Crippen molar-refractivity contribution in [2.24, 2.45) is 0 Å². The van der Waals surface area contributed by atoms with Crippen molar-refractivity contribution in [3.8, 4) is 0 Å². The van der Waals surface area contributed by atoms with E-state index in [1.54, 1.807) is 17.0 Å². The van der Waals surface area contributed by atoms with Crippen LogP contribution in [0.4, 0.5) is 5.69 Å². The normalized spacial score (nSPS) is 19.9. The van der Waals surface area contributed by atoms with Gasteiger partial charge in [0.1, 0.15) is 0 Å². The molecule has 108 valence electrons. The van der Waals surface area contributed by atoms with E-state index in [0.29, 0.717) is 41.1 Å². The van der Waals surface area contributed by atoms with Gasteiger partial charge in [0.25, 0.3) is 11.7 Å². The number of hydrogen-bond acceptors (Lipinski definition) is 3. The number of fused-ring (bicyclic) bond motifs is 2. The van der Waals surface area contributed by atoms with Crippen LogP contribution < -0.4 is 4.90 Å². The van der Waals surface area contributed by atoms with Crippen molar-refractivity contribution in [3.63, 3.8) is 0 Å². The summed E-state index contributed by atoms with van der Waals surface area (Å²) in [6.07, 6.45) is 0.796. The maximum absolute atomic E-state index is 12.7. The largest absolute Gasteiger partial charge is 0.336 e. The summed E-state index contributed by atoms with van der Waals surface area (Å²) in [6.45, 7) is 1.31. The molecule has 0 radical (unpaired) electrons. The highest BCUT2D eigenvalue weighted by Gasteiger charge is 2.56. The Balaban J connectivity index is 2.13. The smallest absolute Gasteiger partial charge is 0.292 e. The maximum Gasteiger partial charge on any atom is 0.292 e. The Hall–Kier alpha value is -0.330. The predicted octanol–water partition coefficient (Wildman–Crippen LogP) is 3.32. The van der Waals surface area contributed by atoms with Crippen LogP contribution in [-0.2, 0) is 20.1 Å². The van der Waals surface area contributed by atoms with E-state index in [-0.39, 0.29) is 5.91 Å². The molecule has 0 unspecified atom stereocenters. The van der Waals surface area contributed by atoms with Gasteiger partial charge in [-0.15, -0.1) is 0 Å². The lowest BCUT2D eigenvalue weighted by atomic mass is 10.1. The van der Waals surface area contributed by atoms with Crippen LogP contribution in [0.15, 0.2) is 12.1 Å². The molecule has 1 aromatic carbocycles. The lowest BCUT2D eigenvalue weighted by Gasteiger charge is -2.21. The molecule has 0 N–H and O–H groups in total. The molecule has 0 atom stereocenters. The highest BCUT2D eigenvalue weighted by molar-refractivity contribution is 9.09. The fourth-order valence-corrected chi connectivity index (χ4v) is 3.26. The minimum Gasteiger partial charge on any atom is -0.336 e. The third-order valence-electron chi connectivity index (χ3n) is 3.43. The van der Waals surface area contributed by atoms with Crippen LogP contribution in [0.1, 0.15) is 12.0 Å². The topological polar surface area (TPSA) is 38.8 Å². The Morgan fingerprint density at radius 3 is 2.65 bits per heavy atom. The summed E-state index contributed by atoms with van der Waals surface area (Å²) in [7, 11) is 0. The molecule has 1 amide bonds. The number of anilines is 1. The lowest BCUT2D eigenvalue weighted by Crippen LogP contribution is -2.41. The standard InChI is InChI=1S/C13H12BrCl2NO3/c14-4-1-5-17-11-8(2-3-9(15)10(11)16)13(12(17)18)19-6-7-20-13/h2-3H,1,4-7H2. The first-order chi connectivity index (χ1) is 9.62. The Bertz CT molecular complexity index is 561. The first-order valence-electron chi connectivity index (χ1n) is 6.26. The van der Waals surface area contributed by atoms with E-state index in [2.05, 4.69) is 15.9 Å². The highest BCUT2D eigenvalue weighted by Crippen LogP contribution is 2.50. The van der Waals surface area contributed by atoms with Crippen LogP contribution in [0.25, 0.3) is 0 Å². The Kier molecular flexibility index (Phi) is 3.99. The van der Waals surface area contributed by atoms with Crippen molar-refractivity contribution in [2.45, 2.75) is 12.2 Å². The van der Waals surface area contributed by atoms with Crippen molar-refractivity contribution < 1.29 is 14.3 Å². The van der Waals surface area contributed by atoms with Crippen LogP contribution in [0, 0.1) is 0 Å². The zero-order chi connectivity index (χ0) is 14.3. The van der Waals surface area contributed by atoms with Gasteiger partial charge in [0, 0.05) is 17.4 Å². The number of benzene rings is 1. The second-order valence-electron chi connectivity index (χ2n) is 4.57. The van der Waals surface area contributed by atoms with Crippen LogP contribution in [0.3, 0.4) is 0 Å². The quantitative estimate of drug-likeness (QED) is 0.755. The SMILES string of the molecule is O=C1N(CCCBr)c2c(ccc(Cl)c2Cl)C12OCCO2. The zero-order valence-electron chi connectivity index (χ0n) is 10.5. The van der Waals surface area contributed by atoms with E-state index in [9.17, 15) is 4.79 Å². The number of hydrogen-bond donors (Lipinski definition) is 0. The number of rotatable bonds is 3. The Labute approximate surface area is 135 Å². The Morgan fingerprint density at radius 1 is 1.30 bits per heavy atom. The number of nitrogens with zero attached hydrogens (tertiary/aromatic N) is 1. The monoisotopic (exact) mass is 379 g/mol. The fraction of sp³-hybridized carbons (Fsp3) is 0.462. The van der Waals surface area contributed by atoms with Gasteiger partial charge in [-0.3, -0.25) is 4.79 Å². The second kappa shape index (κ2) is 5.46. The molecule has 2 heterocycles. The van der Waals surface area contributed by atoms with Gasteiger partial charge in [0.15, 0.2) is 0 Å². The van der Waals surface area contributed by atoms with E-state index < -0.39 is 5.79 Å². The van der Waals surface area contributed by atoms with E-state index >= 15 is 0 Å². The van der Waals surface area contributed by atoms with E-state index in [1.165, 1.54) is 0 Å². The van der Waals surface area contributed by atoms with Gasteiger partial charge in [-0.05, 0) is 18.6 Å². The summed E-state index contributed by atoms with van der Waals surface area (Å²) in [4.78, 5) is 14.3. The van der Waals surface area contributed by atoms with Crippen LogP contribution >= 0.6 is 39.1 Å². The first-order valence-corrected chi connectivity index (χ1v) is 8.14. The molecule has 0 aliphatic carbocycles. The molecular weight excluding hydrogens is 369 g/mol. The average molecular weight is 381 g/mol. The number of alkyl halides is 1. The summed E-state index contributed by atoms with van der Waals surface area (Å²) < 4.78 is 11.2. The number of ether oxygens (including phenoxy) is 2. The molecule has 2 aliphatic rings. The molecule has 1 saturated heterocycles. The molecular formula is C13H12BrCl2NO3. The lowest BCUT2D eigenvalue weighted by molar-refractivity contribution is -0.180. The fourth-order valence-electron chi connectivity index (χ4n) is 2.59. The van der Waals surface area contributed by atoms with Crippen molar-refractivity contribution in [3.05, 3.63) is 27.7 Å². The van der Waals surface area contributed by atoms with Gasteiger partial charge in [-0.25, -0.2) is 0 Å². The molecule has 20 heavy (non-hydrogen) atoms. The molecule has 1 spiro atoms. The number of carbonyl (C=O) groups is 1. The molecule has 4 nitrogen and oxygen atoms in total. The summed E-state index contributed by atoms with van der Waals surface area (Å²) in [5.41, 5.74) is 1.25. The molecule has 2 aliphatic heterocycles. The molecule has 0 bridgehead atoms. The molecule has 7 heteroatoms. The maximum atomic E-state index is 12.7.